The third-order valence-electron chi connectivity index (χ3n) is 3.79. The highest BCUT2D eigenvalue weighted by molar-refractivity contribution is 9.10. The average molecular weight is 433 g/mol. The molecule has 0 saturated carbocycles. The molecule has 6 nitrogen and oxygen atoms in total. The number of nitrogens with one attached hydrogen (secondary N) is 2. The van der Waals surface area contributed by atoms with Gasteiger partial charge in [0.25, 0.3) is 11.8 Å². The van der Waals surface area contributed by atoms with Gasteiger partial charge in [0.15, 0.2) is 6.61 Å². The van der Waals surface area contributed by atoms with Crippen LogP contribution in [-0.4, -0.2) is 30.9 Å². The number of hydrogen-bond acceptors (Lipinski definition) is 4. The summed E-state index contributed by atoms with van der Waals surface area (Å²) in [4.78, 5) is 35.6. The molecule has 142 valence electrons. The molecule has 0 fully saturated rings. The minimum atomic E-state index is -0.678. The Morgan fingerprint density at radius 3 is 2.48 bits per heavy atom. The average Bonchev–Trinajstić information content (AvgIpc) is 2.64. The molecule has 2 N–H and O–H groups in total. The van der Waals surface area contributed by atoms with Crippen LogP contribution in [0, 0.1) is 6.92 Å². The van der Waals surface area contributed by atoms with Crippen molar-refractivity contribution in [2.75, 3.05) is 13.2 Å². The van der Waals surface area contributed by atoms with Crippen molar-refractivity contribution in [2.45, 2.75) is 19.9 Å². The molecule has 0 heterocycles. The molecule has 0 bridgehead atoms. The SMILES string of the molecule is Cc1cccc(C(=O)NCC(=O)OCC(=O)NC(C)c2ccc(Br)cc2)c1. The fourth-order valence-electron chi connectivity index (χ4n) is 2.36. The number of esters is 1. The zero-order valence-electron chi connectivity index (χ0n) is 15.1. The van der Waals surface area contributed by atoms with Crippen LogP contribution in [0.1, 0.15) is 34.5 Å². The molecule has 2 rings (SSSR count). The van der Waals surface area contributed by atoms with E-state index in [1.807, 2.05) is 44.2 Å². The minimum Gasteiger partial charge on any atom is -0.454 e. The molecule has 2 aromatic rings. The number of carbonyl (C=O) groups excluding carboxylic acids is 3. The van der Waals surface area contributed by atoms with Gasteiger partial charge in [-0.3, -0.25) is 14.4 Å². The van der Waals surface area contributed by atoms with Gasteiger partial charge in [-0.2, -0.15) is 0 Å². The Kier molecular flexibility index (Phi) is 7.55. The van der Waals surface area contributed by atoms with E-state index >= 15 is 0 Å². The smallest absolute Gasteiger partial charge is 0.325 e. The van der Waals surface area contributed by atoms with Crippen LogP contribution >= 0.6 is 15.9 Å². The number of hydrogen-bond donors (Lipinski definition) is 2. The van der Waals surface area contributed by atoms with Crippen molar-refractivity contribution in [1.82, 2.24) is 10.6 Å². The normalized spacial score (nSPS) is 11.4. The van der Waals surface area contributed by atoms with Crippen LogP contribution in [0.5, 0.6) is 0 Å². The summed E-state index contributed by atoms with van der Waals surface area (Å²) >= 11 is 3.35. The molecule has 7 heteroatoms. The van der Waals surface area contributed by atoms with E-state index in [-0.39, 0.29) is 18.5 Å². The predicted octanol–water partition coefficient (Wildman–Crippen LogP) is 2.91. The number of rotatable bonds is 7. The van der Waals surface area contributed by atoms with Crippen molar-refractivity contribution in [1.29, 1.82) is 0 Å². The Labute approximate surface area is 166 Å². The van der Waals surface area contributed by atoms with Crippen molar-refractivity contribution in [3.8, 4) is 0 Å². The molecule has 0 aliphatic heterocycles. The molecule has 0 aliphatic carbocycles. The molecule has 0 saturated heterocycles. The lowest BCUT2D eigenvalue weighted by Gasteiger charge is -2.14. The number of aryl methyl sites for hydroxylation is 1. The topological polar surface area (TPSA) is 84.5 Å². The van der Waals surface area contributed by atoms with Gasteiger partial charge in [-0.25, -0.2) is 0 Å². The van der Waals surface area contributed by atoms with Crippen molar-refractivity contribution >= 4 is 33.7 Å². The summed E-state index contributed by atoms with van der Waals surface area (Å²) in [5.74, 6) is -1.46. The zero-order chi connectivity index (χ0) is 19.8. The molecule has 0 spiro atoms. The van der Waals surface area contributed by atoms with Gasteiger partial charge < -0.3 is 15.4 Å². The largest absolute Gasteiger partial charge is 0.454 e. The minimum absolute atomic E-state index is 0.217. The molecule has 0 aliphatic rings. The lowest BCUT2D eigenvalue weighted by atomic mass is 10.1. The molecule has 1 atom stereocenters. The lowest BCUT2D eigenvalue weighted by molar-refractivity contribution is -0.147. The summed E-state index contributed by atoms with van der Waals surface area (Å²) in [7, 11) is 0. The van der Waals surface area contributed by atoms with Gasteiger partial charge in [-0.15, -0.1) is 0 Å². The van der Waals surface area contributed by atoms with E-state index in [0.717, 1.165) is 15.6 Å². The van der Waals surface area contributed by atoms with E-state index in [0.29, 0.717) is 5.56 Å². The highest BCUT2D eigenvalue weighted by Gasteiger charge is 2.13. The molecule has 27 heavy (non-hydrogen) atoms. The summed E-state index contributed by atoms with van der Waals surface area (Å²) in [6.07, 6.45) is 0. The van der Waals surface area contributed by atoms with Crippen LogP contribution in [0.25, 0.3) is 0 Å². The highest BCUT2D eigenvalue weighted by atomic mass is 79.9. The number of carbonyl (C=O) groups is 3. The van der Waals surface area contributed by atoms with Crippen LogP contribution in [0.2, 0.25) is 0 Å². The van der Waals surface area contributed by atoms with Crippen LogP contribution in [0.4, 0.5) is 0 Å². The number of ether oxygens (including phenoxy) is 1. The summed E-state index contributed by atoms with van der Waals surface area (Å²) in [6, 6.07) is 14.3. The second-order valence-electron chi connectivity index (χ2n) is 6.05. The van der Waals surface area contributed by atoms with Crippen LogP contribution < -0.4 is 10.6 Å². The van der Waals surface area contributed by atoms with Gasteiger partial charge in [0.1, 0.15) is 6.54 Å². The Hall–Kier alpha value is -2.67. The van der Waals surface area contributed by atoms with E-state index in [1.165, 1.54) is 0 Å². The first-order valence-corrected chi connectivity index (χ1v) is 9.20. The first-order valence-electron chi connectivity index (χ1n) is 8.40. The van der Waals surface area contributed by atoms with E-state index in [1.54, 1.807) is 18.2 Å². The van der Waals surface area contributed by atoms with Crippen molar-refractivity contribution in [3.63, 3.8) is 0 Å². The van der Waals surface area contributed by atoms with Gasteiger partial charge >= 0.3 is 5.97 Å². The summed E-state index contributed by atoms with van der Waals surface area (Å²) in [5, 5.41) is 5.22. The Balaban J connectivity index is 1.72. The van der Waals surface area contributed by atoms with Crippen molar-refractivity contribution in [2.24, 2.45) is 0 Å². The Bertz CT molecular complexity index is 821. The van der Waals surface area contributed by atoms with Gasteiger partial charge in [0.2, 0.25) is 0 Å². The van der Waals surface area contributed by atoms with Crippen molar-refractivity contribution < 1.29 is 19.1 Å². The lowest BCUT2D eigenvalue weighted by Crippen LogP contribution is -2.34. The van der Waals surface area contributed by atoms with E-state index < -0.39 is 18.5 Å². The maximum Gasteiger partial charge on any atom is 0.325 e. The number of benzene rings is 2. The second-order valence-corrected chi connectivity index (χ2v) is 6.97. The molecule has 1 unspecified atom stereocenters. The summed E-state index contributed by atoms with van der Waals surface area (Å²) in [5.41, 5.74) is 2.34. The first kappa shape index (κ1) is 20.6. The molecule has 2 aromatic carbocycles. The standard InChI is InChI=1S/C20H21BrN2O4/c1-13-4-3-5-16(10-13)20(26)22-11-19(25)27-12-18(24)23-14(2)15-6-8-17(21)9-7-15/h3-10,14H,11-12H2,1-2H3,(H,22,26)(H,23,24). The van der Waals surface area contributed by atoms with Crippen LogP contribution in [0.3, 0.4) is 0 Å². The monoisotopic (exact) mass is 432 g/mol. The second kappa shape index (κ2) is 9.87. The van der Waals surface area contributed by atoms with E-state index in [2.05, 4.69) is 26.6 Å². The number of amides is 2. The van der Waals surface area contributed by atoms with Gasteiger partial charge in [-0.05, 0) is 43.7 Å². The number of halogens is 1. The quantitative estimate of drug-likeness (QED) is 0.658. The van der Waals surface area contributed by atoms with E-state index in [9.17, 15) is 14.4 Å². The van der Waals surface area contributed by atoms with Crippen LogP contribution in [-0.2, 0) is 14.3 Å². The fourth-order valence-corrected chi connectivity index (χ4v) is 2.62. The fraction of sp³-hybridized carbons (Fsp3) is 0.250. The molecule has 2 amide bonds. The van der Waals surface area contributed by atoms with E-state index in [4.69, 9.17) is 4.74 Å². The molecular formula is C20H21BrN2O4. The predicted molar refractivity (Wildman–Crippen MR) is 105 cm³/mol. The summed E-state index contributed by atoms with van der Waals surface area (Å²) < 4.78 is 5.85. The molecule has 0 aromatic heterocycles. The third kappa shape index (κ3) is 6.86. The van der Waals surface area contributed by atoms with Crippen LogP contribution in [0.15, 0.2) is 53.0 Å². The molecular weight excluding hydrogens is 412 g/mol. The Morgan fingerprint density at radius 1 is 1.11 bits per heavy atom. The van der Waals surface area contributed by atoms with Gasteiger partial charge in [-0.1, -0.05) is 45.8 Å². The highest BCUT2D eigenvalue weighted by Crippen LogP contribution is 2.16. The first-order chi connectivity index (χ1) is 12.8. The van der Waals surface area contributed by atoms with Gasteiger partial charge in [0, 0.05) is 10.0 Å². The summed E-state index contributed by atoms with van der Waals surface area (Å²) in [6.45, 7) is 3.01. The Morgan fingerprint density at radius 2 is 1.81 bits per heavy atom. The van der Waals surface area contributed by atoms with Gasteiger partial charge in [0.05, 0.1) is 6.04 Å². The van der Waals surface area contributed by atoms with Crippen molar-refractivity contribution in [3.05, 3.63) is 69.7 Å². The maximum atomic E-state index is 12.0. The third-order valence-corrected chi connectivity index (χ3v) is 4.31. The maximum absolute atomic E-state index is 12.0. The zero-order valence-corrected chi connectivity index (χ0v) is 16.7. The molecule has 0 radical (unpaired) electrons.